The summed E-state index contributed by atoms with van der Waals surface area (Å²) in [7, 11) is 0. The van der Waals surface area contributed by atoms with Crippen molar-refractivity contribution in [3.63, 3.8) is 0 Å². The van der Waals surface area contributed by atoms with Crippen LogP contribution < -0.4 is 39.4 Å². The van der Waals surface area contributed by atoms with E-state index in [-0.39, 0.29) is 41.1 Å². The average molecular weight is 357 g/mol. The summed E-state index contributed by atoms with van der Waals surface area (Å²) in [5.41, 5.74) is -1.76. The SMILES string of the molecule is O=C([O-])c1cc(Oc2ccc(C(F)(F)F)c(Cl)c2)ccc1F.[Na+]. The smallest absolute Gasteiger partial charge is 0.545 e. The van der Waals surface area contributed by atoms with Crippen LogP contribution in [0.4, 0.5) is 17.6 Å². The molecule has 0 spiro atoms. The van der Waals surface area contributed by atoms with Crippen LogP contribution in [0.5, 0.6) is 11.5 Å². The van der Waals surface area contributed by atoms with Gasteiger partial charge in [0, 0.05) is 11.6 Å². The molecular formula is C14H6ClF4NaO3. The zero-order chi connectivity index (χ0) is 16.5. The Morgan fingerprint density at radius 3 is 2.17 bits per heavy atom. The van der Waals surface area contributed by atoms with E-state index in [0.29, 0.717) is 0 Å². The van der Waals surface area contributed by atoms with E-state index in [4.69, 9.17) is 16.3 Å². The second-order valence-corrected chi connectivity index (χ2v) is 4.58. The first-order valence-corrected chi connectivity index (χ1v) is 6.12. The molecule has 0 radical (unpaired) electrons. The number of alkyl halides is 3. The summed E-state index contributed by atoms with van der Waals surface area (Å²) in [5.74, 6) is -2.91. The summed E-state index contributed by atoms with van der Waals surface area (Å²) in [6.07, 6.45) is -4.60. The molecule has 2 aromatic rings. The molecule has 0 amide bonds. The maximum Gasteiger partial charge on any atom is 1.00 e. The van der Waals surface area contributed by atoms with Gasteiger partial charge < -0.3 is 14.6 Å². The van der Waals surface area contributed by atoms with Crippen LogP contribution in [0.15, 0.2) is 36.4 Å². The second kappa shape index (κ2) is 7.53. The van der Waals surface area contributed by atoms with Crippen molar-refractivity contribution in [2.75, 3.05) is 0 Å². The topological polar surface area (TPSA) is 49.4 Å². The Morgan fingerprint density at radius 2 is 1.65 bits per heavy atom. The van der Waals surface area contributed by atoms with E-state index in [9.17, 15) is 27.5 Å². The Kier molecular flexibility index (Phi) is 6.47. The minimum atomic E-state index is -4.60. The first-order valence-electron chi connectivity index (χ1n) is 5.74. The minimum absolute atomic E-state index is 0. The molecule has 2 rings (SSSR count). The fourth-order valence-corrected chi connectivity index (χ4v) is 1.93. The van der Waals surface area contributed by atoms with Gasteiger partial charge in [-0.2, -0.15) is 13.2 Å². The number of aromatic carboxylic acids is 1. The predicted molar refractivity (Wildman–Crippen MR) is 67.3 cm³/mol. The van der Waals surface area contributed by atoms with Crippen LogP contribution in [0.3, 0.4) is 0 Å². The van der Waals surface area contributed by atoms with Crippen molar-refractivity contribution in [3.8, 4) is 11.5 Å². The number of hydrogen-bond donors (Lipinski definition) is 0. The monoisotopic (exact) mass is 356 g/mol. The van der Waals surface area contributed by atoms with Crippen molar-refractivity contribution in [3.05, 3.63) is 58.4 Å². The van der Waals surface area contributed by atoms with E-state index in [1.165, 1.54) is 0 Å². The van der Waals surface area contributed by atoms with E-state index in [0.717, 1.165) is 36.4 Å². The summed E-state index contributed by atoms with van der Waals surface area (Å²) in [4.78, 5) is 10.7. The molecule has 0 aliphatic rings. The molecule has 0 bridgehead atoms. The molecule has 0 N–H and O–H groups in total. The average Bonchev–Trinajstić information content (AvgIpc) is 2.39. The van der Waals surface area contributed by atoms with Gasteiger partial charge in [-0.1, -0.05) is 11.6 Å². The molecule has 3 nitrogen and oxygen atoms in total. The van der Waals surface area contributed by atoms with E-state index in [1.54, 1.807) is 0 Å². The summed E-state index contributed by atoms with van der Waals surface area (Å²) >= 11 is 5.52. The van der Waals surface area contributed by atoms with Crippen LogP contribution in [0.1, 0.15) is 15.9 Å². The maximum atomic E-state index is 13.2. The number of carboxylic acid groups (broad SMARTS) is 1. The largest absolute Gasteiger partial charge is 1.00 e. The summed E-state index contributed by atoms with van der Waals surface area (Å²) in [6, 6.07) is 5.47. The number of rotatable bonds is 3. The van der Waals surface area contributed by atoms with Crippen molar-refractivity contribution >= 4 is 17.6 Å². The van der Waals surface area contributed by atoms with Crippen LogP contribution in [-0.4, -0.2) is 5.97 Å². The number of benzene rings is 2. The molecule has 0 saturated heterocycles. The van der Waals surface area contributed by atoms with E-state index >= 15 is 0 Å². The van der Waals surface area contributed by atoms with Crippen LogP contribution in [-0.2, 0) is 6.18 Å². The van der Waals surface area contributed by atoms with Gasteiger partial charge in [0.05, 0.1) is 16.6 Å². The predicted octanol–water partition coefficient (Wildman–Crippen LogP) is 0.658. The minimum Gasteiger partial charge on any atom is -0.545 e. The molecule has 0 aliphatic heterocycles. The van der Waals surface area contributed by atoms with Gasteiger partial charge in [-0.3, -0.25) is 0 Å². The van der Waals surface area contributed by atoms with Gasteiger partial charge in [-0.25, -0.2) is 4.39 Å². The Hall–Kier alpha value is -1.28. The fraction of sp³-hybridized carbons (Fsp3) is 0.0714. The third-order valence-electron chi connectivity index (χ3n) is 2.64. The van der Waals surface area contributed by atoms with Crippen molar-refractivity contribution < 1.29 is 61.8 Å². The van der Waals surface area contributed by atoms with Gasteiger partial charge in [0.2, 0.25) is 0 Å². The van der Waals surface area contributed by atoms with Gasteiger partial charge >= 0.3 is 35.7 Å². The van der Waals surface area contributed by atoms with E-state index in [1.807, 2.05) is 0 Å². The van der Waals surface area contributed by atoms with Gasteiger partial charge in [0.25, 0.3) is 0 Å². The van der Waals surface area contributed by atoms with Crippen molar-refractivity contribution in [2.45, 2.75) is 6.18 Å². The Morgan fingerprint density at radius 1 is 1.09 bits per heavy atom. The molecule has 23 heavy (non-hydrogen) atoms. The molecule has 0 fully saturated rings. The number of halogens is 5. The Balaban J connectivity index is 0.00000264. The van der Waals surface area contributed by atoms with Crippen molar-refractivity contribution in [1.29, 1.82) is 0 Å². The maximum absolute atomic E-state index is 13.2. The fourth-order valence-electron chi connectivity index (χ4n) is 1.65. The van der Waals surface area contributed by atoms with E-state index < -0.39 is 34.1 Å². The first-order chi connectivity index (χ1) is 10.2. The van der Waals surface area contributed by atoms with Crippen LogP contribution in [0.25, 0.3) is 0 Å². The second-order valence-electron chi connectivity index (χ2n) is 4.17. The van der Waals surface area contributed by atoms with Gasteiger partial charge in [0.15, 0.2) is 0 Å². The van der Waals surface area contributed by atoms with Crippen LogP contribution >= 0.6 is 11.6 Å². The van der Waals surface area contributed by atoms with E-state index in [2.05, 4.69) is 0 Å². The Labute approximate surface area is 155 Å². The molecule has 116 valence electrons. The molecule has 0 atom stereocenters. The normalized spacial score (nSPS) is 10.8. The van der Waals surface area contributed by atoms with Crippen molar-refractivity contribution in [2.24, 2.45) is 0 Å². The molecule has 0 aromatic heterocycles. The number of carbonyl (C=O) groups excluding carboxylic acids is 1. The zero-order valence-electron chi connectivity index (χ0n) is 11.6. The van der Waals surface area contributed by atoms with Gasteiger partial charge in [0.1, 0.15) is 17.3 Å². The molecular weight excluding hydrogens is 351 g/mol. The molecule has 0 saturated carbocycles. The number of carboxylic acids is 1. The third kappa shape index (κ3) is 4.84. The Bertz CT molecular complexity index is 734. The number of ether oxygens (including phenoxy) is 1. The first kappa shape index (κ1) is 19.8. The molecule has 0 unspecified atom stereocenters. The quantitative estimate of drug-likeness (QED) is 0.600. The van der Waals surface area contributed by atoms with Gasteiger partial charge in [-0.05, 0) is 30.3 Å². The van der Waals surface area contributed by atoms with Crippen molar-refractivity contribution in [1.82, 2.24) is 0 Å². The molecule has 9 heteroatoms. The summed E-state index contributed by atoms with van der Waals surface area (Å²) < 4.78 is 56.0. The summed E-state index contributed by atoms with van der Waals surface area (Å²) in [5, 5.41) is 10.1. The standard InChI is InChI=1S/C14H7ClF4O3.Na/c15-11-6-8(1-3-10(11)14(17,18)19)22-7-2-4-12(16)9(5-7)13(20)21;/h1-6H,(H,20,21);/q;+1/p-1. The third-order valence-corrected chi connectivity index (χ3v) is 2.95. The number of hydrogen-bond acceptors (Lipinski definition) is 3. The number of carbonyl (C=O) groups is 1. The van der Waals surface area contributed by atoms with Crippen LogP contribution in [0, 0.1) is 5.82 Å². The molecule has 0 heterocycles. The summed E-state index contributed by atoms with van der Waals surface area (Å²) in [6.45, 7) is 0. The van der Waals surface area contributed by atoms with Crippen LogP contribution in [0.2, 0.25) is 5.02 Å². The van der Waals surface area contributed by atoms with Gasteiger partial charge in [-0.15, -0.1) is 0 Å². The zero-order valence-corrected chi connectivity index (χ0v) is 14.3. The molecule has 0 aliphatic carbocycles. The molecule has 2 aromatic carbocycles.